The molecule has 0 fully saturated rings. The second-order valence-corrected chi connectivity index (χ2v) is 11.2. The van der Waals surface area contributed by atoms with E-state index in [-0.39, 0.29) is 0 Å². The van der Waals surface area contributed by atoms with Crippen molar-refractivity contribution in [3.05, 3.63) is 158 Å². The molecule has 0 saturated carbocycles. The molecule has 4 nitrogen and oxygen atoms in total. The average molecular weight is 563 g/mol. The summed E-state index contributed by atoms with van der Waals surface area (Å²) >= 11 is 0. The molecule has 206 valence electrons. The van der Waals surface area contributed by atoms with Gasteiger partial charge in [0.15, 0.2) is 0 Å². The normalized spacial score (nSPS) is 11.6. The quantitative estimate of drug-likeness (QED) is 0.214. The fourth-order valence-corrected chi connectivity index (χ4v) is 6.61. The first-order chi connectivity index (χ1) is 21.8. The molecule has 4 aromatic heterocycles. The highest BCUT2D eigenvalue weighted by atomic mass is 15.0. The number of benzene rings is 5. The molecule has 0 aliphatic rings. The summed E-state index contributed by atoms with van der Waals surface area (Å²) in [5, 5.41) is 6.18. The molecule has 4 heterocycles. The molecule has 0 amide bonds. The molecule has 0 radical (unpaired) electrons. The molecule has 9 aromatic rings. The van der Waals surface area contributed by atoms with Crippen LogP contribution in [0.25, 0.3) is 77.4 Å². The van der Waals surface area contributed by atoms with Crippen molar-refractivity contribution in [2.75, 3.05) is 0 Å². The third kappa shape index (κ3) is 3.85. The van der Waals surface area contributed by atoms with Crippen molar-refractivity contribution >= 4 is 43.5 Å². The maximum absolute atomic E-state index is 4.69. The van der Waals surface area contributed by atoms with Gasteiger partial charge in [-0.3, -0.25) is 9.97 Å². The zero-order valence-electron chi connectivity index (χ0n) is 23.8. The van der Waals surface area contributed by atoms with Crippen LogP contribution < -0.4 is 0 Å². The summed E-state index contributed by atoms with van der Waals surface area (Å²) in [6, 6.07) is 49.5. The van der Waals surface area contributed by atoms with Crippen LogP contribution in [0.3, 0.4) is 0 Å². The molecule has 0 N–H and O–H groups in total. The number of para-hydroxylation sites is 2. The van der Waals surface area contributed by atoms with E-state index in [2.05, 4.69) is 131 Å². The molecular formula is C40H26N4. The van der Waals surface area contributed by atoms with E-state index in [4.69, 9.17) is 9.97 Å². The Morgan fingerprint density at radius 3 is 1.82 bits per heavy atom. The van der Waals surface area contributed by atoms with Gasteiger partial charge in [-0.05, 0) is 95.7 Å². The van der Waals surface area contributed by atoms with Gasteiger partial charge >= 0.3 is 0 Å². The molecule has 0 aliphatic carbocycles. The first-order valence-electron chi connectivity index (χ1n) is 14.8. The van der Waals surface area contributed by atoms with Crippen LogP contribution in [-0.4, -0.2) is 19.1 Å². The van der Waals surface area contributed by atoms with Crippen molar-refractivity contribution in [3.63, 3.8) is 0 Å². The van der Waals surface area contributed by atoms with E-state index in [1.54, 1.807) is 0 Å². The Morgan fingerprint density at radius 2 is 1.09 bits per heavy atom. The fraction of sp³-hybridized carbons (Fsp3) is 0. The Kier molecular flexibility index (Phi) is 5.47. The van der Waals surface area contributed by atoms with Gasteiger partial charge in [-0.25, -0.2) is 0 Å². The van der Waals surface area contributed by atoms with Gasteiger partial charge in [-0.1, -0.05) is 54.6 Å². The molecule has 44 heavy (non-hydrogen) atoms. The molecule has 5 aromatic carbocycles. The molecule has 4 heteroatoms. The van der Waals surface area contributed by atoms with E-state index < -0.39 is 0 Å². The number of aromatic nitrogens is 4. The van der Waals surface area contributed by atoms with E-state index in [0.717, 1.165) is 33.9 Å². The smallest absolute Gasteiger partial charge is 0.0702 e. The van der Waals surface area contributed by atoms with Crippen molar-refractivity contribution in [2.24, 2.45) is 0 Å². The summed E-state index contributed by atoms with van der Waals surface area (Å²) in [5.74, 6) is 0. The Morgan fingerprint density at radius 1 is 0.409 bits per heavy atom. The van der Waals surface area contributed by atoms with Gasteiger partial charge in [0, 0.05) is 57.3 Å². The zero-order valence-corrected chi connectivity index (χ0v) is 23.8. The monoisotopic (exact) mass is 562 g/mol. The Balaban J connectivity index is 1.33. The van der Waals surface area contributed by atoms with Gasteiger partial charge in [0.25, 0.3) is 0 Å². The fourth-order valence-electron chi connectivity index (χ4n) is 6.61. The van der Waals surface area contributed by atoms with Crippen molar-refractivity contribution in [1.29, 1.82) is 0 Å². The maximum atomic E-state index is 4.69. The van der Waals surface area contributed by atoms with Crippen molar-refractivity contribution in [2.45, 2.75) is 0 Å². The van der Waals surface area contributed by atoms with Crippen LogP contribution in [0.5, 0.6) is 0 Å². The minimum absolute atomic E-state index is 0.933. The number of hydrogen-bond donors (Lipinski definition) is 0. The topological polar surface area (TPSA) is 35.6 Å². The minimum Gasteiger partial charge on any atom is -0.317 e. The van der Waals surface area contributed by atoms with Gasteiger partial charge in [0.2, 0.25) is 0 Å². The van der Waals surface area contributed by atoms with Crippen LogP contribution in [0.2, 0.25) is 0 Å². The minimum atomic E-state index is 0.933. The Hall–Kier alpha value is -6.00. The second-order valence-electron chi connectivity index (χ2n) is 11.2. The third-order valence-corrected chi connectivity index (χ3v) is 8.61. The predicted molar refractivity (Wildman–Crippen MR) is 182 cm³/mol. The van der Waals surface area contributed by atoms with Gasteiger partial charge < -0.3 is 9.13 Å². The molecule has 0 spiro atoms. The molecular weight excluding hydrogens is 536 g/mol. The number of rotatable bonds is 4. The number of pyridine rings is 2. The Labute approximate surface area is 254 Å². The summed E-state index contributed by atoms with van der Waals surface area (Å²) < 4.78 is 4.66. The van der Waals surface area contributed by atoms with Crippen LogP contribution in [0.15, 0.2) is 158 Å². The zero-order chi connectivity index (χ0) is 29.0. The highest BCUT2D eigenvalue weighted by Gasteiger charge is 2.17. The van der Waals surface area contributed by atoms with Crippen molar-refractivity contribution in [1.82, 2.24) is 19.1 Å². The summed E-state index contributed by atoms with van der Waals surface area (Å²) in [6.07, 6.45) is 5.87. The summed E-state index contributed by atoms with van der Waals surface area (Å²) in [6.45, 7) is 0. The highest BCUT2D eigenvalue weighted by Crippen LogP contribution is 2.39. The highest BCUT2D eigenvalue weighted by molar-refractivity contribution is 6.18. The number of fused-ring (bicyclic) bond motifs is 6. The lowest BCUT2D eigenvalue weighted by molar-refractivity contribution is 1.13. The molecule has 0 bridgehead atoms. The third-order valence-electron chi connectivity index (χ3n) is 8.61. The lowest BCUT2D eigenvalue weighted by Crippen LogP contribution is -1.97. The van der Waals surface area contributed by atoms with Crippen LogP contribution in [0.1, 0.15) is 0 Å². The number of nitrogens with zero attached hydrogens (tertiary/aromatic N) is 4. The average Bonchev–Trinajstić information content (AvgIpc) is 3.68. The van der Waals surface area contributed by atoms with E-state index in [1.165, 1.54) is 43.5 Å². The summed E-state index contributed by atoms with van der Waals surface area (Å²) in [5.41, 5.74) is 9.76. The van der Waals surface area contributed by atoms with Gasteiger partial charge in [0.1, 0.15) is 0 Å². The molecule has 0 atom stereocenters. The SMILES string of the molecule is c1ccc(-n2ccc3c4cc5c6ccccc6n(-c6cc(-c7ccccn7)cc(-c7ccccn7)c6)c5cc4ccc32)cc1. The van der Waals surface area contributed by atoms with Gasteiger partial charge in [-0.15, -0.1) is 0 Å². The lowest BCUT2D eigenvalue weighted by atomic mass is 10.0. The van der Waals surface area contributed by atoms with E-state index in [1.807, 2.05) is 36.7 Å². The molecule has 0 saturated heterocycles. The van der Waals surface area contributed by atoms with Crippen LogP contribution >= 0.6 is 0 Å². The Bertz CT molecular complexity index is 2420. The second kappa shape index (κ2) is 9.79. The van der Waals surface area contributed by atoms with Crippen molar-refractivity contribution < 1.29 is 0 Å². The molecule has 0 unspecified atom stereocenters. The first-order valence-corrected chi connectivity index (χ1v) is 14.8. The number of hydrogen-bond acceptors (Lipinski definition) is 2. The molecule has 9 rings (SSSR count). The summed E-state index contributed by atoms with van der Waals surface area (Å²) in [7, 11) is 0. The first kappa shape index (κ1) is 24.6. The van der Waals surface area contributed by atoms with Gasteiger partial charge in [-0.2, -0.15) is 0 Å². The van der Waals surface area contributed by atoms with Gasteiger partial charge in [0.05, 0.1) is 27.9 Å². The van der Waals surface area contributed by atoms with E-state index >= 15 is 0 Å². The largest absolute Gasteiger partial charge is 0.317 e. The predicted octanol–water partition coefficient (Wildman–Crippen LogP) is 10.0. The lowest BCUT2D eigenvalue weighted by Gasteiger charge is -2.13. The maximum Gasteiger partial charge on any atom is 0.0702 e. The van der Waals surface area contributed by atoms with E-state index in [0.29, 0.717) is 0 Å². The van der Waals surface area contributed by atoms with E-state index in [9.17, 15) is 0 Å². The van der Waals surface area contributed by atoms with Crippen LogP contribution in [0, 0.1) is 0 Å². The van der Waals surface area contributed by atoms with Crippen molar-refractivity contribution in [3.8, 4) is 33.9 Å². The molecule has 0 aliphatic heterocycles. The summed E-state index contributed by atoms with van der Waals surface area (Å²) in [4.78, 5) is 9.39. The van der Waals surface area contributed by atoms with Crippen LogP contribution in [0.4, 0.5) is 0 Å². The van der Waals surface area contributed by atoms with Crippen LogP contribution in [-0.2, 0) is 0 Å². The standard InChI is InChI=1S/C40H26N4/c1-2-10-30(11-3-1)43-21-18-33-34-26-35-32-12-4-5-15-39(32)44(40(35)25-27(34)16-17-38(33)43)31-23-28(36-13-6-8-19-41-36)22-29(24-31)37-14-7-9-20-42-37/h1-26H.